The Bertz CT molecular complexity index is 400. The van der Waals surface area contributed by atoms with Gasteiger partial charge in [0.15, 0.2) is 0 Å². The van der Waals surface area contributed by atoms with Crippen molar-refractivity contribution in [3.63, 3.8) is 0 Å². The summed E-state index contributed by atoms with van der Waals surface area (Å²) >= 11 is 0. The molecule has 3 rings (SSSR count). The zero-order valence-corrected chi connectivity index (χ0v) is 11.7. The minimum absolute atomic E-state index is 0.414. The summed E-state index contributed by atoms with van der Waals surface area (Å²) < 4.78 is 7.61. The van der Waals surface area contributed by atoms with E-state index in [0.29, 0.717) is 6.04 Å². The van der Waals surface area contributed by atoms with E-state index in [2.05, 4.69) is 26.8 Å². The molecule has 2 fully saturated rings. The average molecular weight is 264 g/mol. The zero-order valence-electron chi connectivity index (χ0n) is 11.7. The topological polar surface area (TPSA) is 42.3 Å². The maximum absolute atomic E-state index is 5.46. The Morgan fingerprint density at radius 3 is 3.00 bits per heavy atom. The Morgan fingerprint density at radius 1 is 1.42 bits per heavy atom. The van der Waals surface area contributed by atoms with Gasteiger partial charge in [0, 0.05) is 58.8 Å². The van der Waals surface area contributed by atoms with Crippen molar-refractivity contribution in [3.05, 3.63) is 18.2 Å². The van der Waals surface area contributed by atoms with E-state index < -0.39 is 0 Å². The van der Waals surface area contributed by atoms with Gasteiger partial charge in [0.05, 0.1) is 6.04 Å². The van der Waals surface area contributed by atoms with Crippen LogP contribution in [0.3, 0.4) is 0 Å². The van der Waals surface area contributed by atoms with E-state index in [4.69, 9.17) is 4.74 Å². The maximum atomic E-state index is 5.46. The number of hydrogen-bond donors (Lipinski definition) is 1. The molecule has 1 aromatic heterocycles. The maximum Gasteiger partial charge on any atom is 0.127 e. The lowest BCUT2D eigenvalue weighted by Crippen LogP contribution is -2.48. The van der Waals surface area contributed by atoms with Gasteiger partial charge in [-0.2, -0.15) is 0 Å². The summed E-state index contributed by atoms with van der Waals surface area (Å²) in [5.41, 5.74) is 0. The molecule has 5 nitrogen and oxygen atoms in total. The summed E-state index contributed by atoms with van der Waals surface area (Å²) in [5, 5.41) is 3.50. The fourth-order valence-corrected chi connectivity index (χ4v) is 3.18. The second-order valence-corrected chi connectivity index (χ2v) is 5.67. The molecule has 2 aliphatic heterocycles. The zero-order chi connectivity index (χ0) is 13.1. The van der Waals surface area contributed by atoms with E-state index in [1.807, 2.05) is 12.4 Å². The lowest BCUT2D eigenvalue weighted by Gasteiger charge is -2.38. The predicted molar refractivity (Wildman–Crippen MR) is 73.9 cm³/mol. The molecule has 1 unspecified atom stereocenters. The highest BCUT2D eigenvalue weighted by Gasteiger charge is 2.29. The van der Waals surface area contributed by atoms with Crippen molar-refractivity contribution < 1.29 is 4.74 Å². The first-order valence-corrected chi connectivity index (χ1v) is 7.34. The molecule has 1 aromatic rings. The standard InChI is InChI=1S/C14H24N4O/c1-17-6-5-16-14(17)13-10-15-4-7-18(13)11-12-2-8-19-9-3-12/h5-6,12-13,15H,2-4,7-11H2,1H3. The van der Waals surface area contributed by atoms with Gasteiger partial charge >= 0.3 is 0 Å². The van der Waals surface area contributed by atoms with E-state index >= 15 is 0 Å². The summed E-state index contributed by atoms with van der Waals surface area (Å²) in [6.07, 6.45) is 6.35. The van der Waals surface area contributed by atoms with E-state index in [0.717, 1.165) is 38.8 Å². The lowest BCUT2D eigenvalue weighted by molar-refractivity contribution is 0.0394. The second kappa shape index (κ2) is 6.03. The van der Waals surface area contributed by atoms with Crippen LogP contribution in [0.1, 0.15) is 24.7 Å². The number of aryl methyl sites for hydroxylation is 1. The van der Waals surface area contributed by atoms with Crippen molar-refractivity contribution in [2.45, 2.75) is 18.9 Å². The fourth-order valence-electron chi connectivity index (χ4n) is 3.18. The normalized spacial score (nSPS) is 26.7. The molecule has 19 heavy (non-hydrogen) atoms. The molecule has 1 N–H and O–H groups in total. The fraction of sp³-hybridized carbons (Fsp3) is 0.786. The molecule has 0 aromatic carbocycles. The first kappa shape index (κ1) is 13.1. The number of piperazine rings is 1. The third kappa shape index (κ3) is 2.99. The summed E-state index contributed by atoms with van der Waals surface area (Å²) in [6.45, 7) is 6.27. The highest BCUT2D eigenvalue weighted by Crippen LogP contribution is 2.24. The number of hydrogen-bond acceptors (Lipinski definition) is 4. The molecule has 0 saturated carbocycles. The number of nitrogens with zero attached hydrogens (tertiary/aromatic N) is 3. The number of nitrogens with one attached hydrogen (secondary N) is 1. The van der Waals surface area contributed by atoms with Gasteiger partial charge in [-0.05, 0) is 18.8 Å². The molecular weight excluding hydrogens is 240 g/mol. The molecular formula is C14H24N4O. The van der Waals surface area contributed by atoms with Crippen LogP contribution in [-0.4, -0.2) is 53.8 Å². The molecule has 0 amide bonds. The smallest absolute Gasteiger partial charge is 0.127 e. The van der Waals surface area contributed by atoms with Crippen molar-refractivity contribution in [2.24, 2.45) is 13.0 Å². The van der Waals surface area contributed by atoms with Gasteiger partial charge in [0.25, 0.3) is 0 Å². The van der Waals surface area contributed by atoms with Crippen LogP contribution in [-0.2, 0) is 11.8 Å². The van der Waals surface area contributed by atoms with Gasteiger partial charge in [0.1, 0.15) is 5.82 Å². The highest BCUT2D eigenvalue weighted by atomic mass is 16.5. The third-order valence-corrected chi connectivity index (χ3v) is 4.34. The number of imidazole rings is 1. The molecule has 2 aliphatic rings. The van der Waals surface area contributed by atoms with Crippen LogP contribution in [0.25, 0.3) is 0 Å². The van der Waals surface area contributed by atoms with Crippen LogP contribution < -0.4 is 5.32 Å². The van der Waals surface area contributed by atoms with Crippen molar-refractivity contribution in [1.29, 1.82) is 0 Å². The van der Waals surface area contributed by atoms with E-state index in [1.165, 1.54) is 25.2 Å². The molecule has 0 bridgehead atoms. The van der Waals surface area contributed by atoms with Gasteiger partial charge in [-0.3, -0.25) is 4.90 Å². The minimum Gasteiger partial charge on any atom is -0.381 e. The summed E-state index contributed by atoms with van der Waals surface area (Å²) in [7, 11) is 2.09. The number of aromatic nitrogens is 2. The van der Waals surface area contributed by atoms with Gasteiger partial charge in [-0.25, -0.2) is 4.98 Å². The van der Waals surface area contributed by atoms with E-state index in [1.54, 1.807) is 0 Å². The van der Waals surface area contributed by atoms with Gasteiger partial charge in [-0.1, -0.05) is 0 Å². The molecule has 3 heterocycles. The molecule has 0 radical (unpaired) electrons. The molecule has 106 valence electrons. The van der Waals surface area contributed by atoms with Crippen molar-refractivity contribution in [1.82, 2.24) is 19.8 Å². The number of rotatable bonds is 3. The van der Waals surface area contributed by atoms with Crippen LogP contribution >= 0.6 is 0 Å². The van der Waals surface area contributed by atoms with Crippen LogP contribution in [0, 0.1) is 5.92 Å². The van der Waals surface area contributed by atoms with Crippen molar-refractivity contribution in [2.75, 3.05) is 39.4 Å². The van der Waals surface area contributed by atoms with E-state index in [9.17, 15) is 0 Å². The molecule has 2 saturated heterocycles. The van der Waals surface area contributed by atoms with Gasteiger partial charge in [-0.15, -0.1) is 0 Å². The van der Waals surface area contributed by atoms with Crippen LogP contribution in [0.2, 0.25) is 0 Å². The minimum atomic E-state index is 0.414. The Labute approximate surface area is 114 Å². The van der Waals surface area contributed by atoms with Crippen LogP contribution in [0.15, 0.2) is 12.4 Å². The van der Waals surface area contributed by atoms with Crippen molar-refractivity contribution >= 4 is 0 Å². The Morgan fingerprint density at radius 2 is 2.26 bits per heavy atom. The van der Waals surface area contributed by atoms with Gasteiger partial charge < -0.3 is 14.6 Å². The molecule has 5 heteroatoms. The quantitative estimate of drug-likeness (QED) is 0.876. The Kier molecular flexibility index (Phi) is 4.15. The second-order valence-electron chi connectivity index (χ2n) is 5.67. The summed E-state index contributed by atoms with van der Waals surface area (Å²) in [6, 6.07) is 0.414. The molecule has 0 aliphatic carbocycles. The van der Waals surface area contributed by atoms with Crippen LogP contribution in [0.4, 0.5) is 0 Å². The van der Waals surface area contributed by atoms with Crippen molar-refractivity contribution in [3.8, 4) is 0 Å². The predicted octanol–water partition coefficient (Wildman–Crippen LogP) is 0.793. The molecule has 1 atom stereocenters. The first-order valence-electron chi connectivity index (χ1n) is 7.34. The highest BCUT2D eigenvalue weighted by molar-refractivity contribution is 5.02. The van der Waals surface area contributed by atoms with Crippen LogP contribution in [0.5, 0.6) is 0 Å². The third-order valence-electron chi connectivity index (χ3n) is 4.34. The Hall–Kier alpha value is -0.910. The molecule has 0 spiro atoms. The van der Waals surface area contributed by atoms with E-state index in [-0.39, 0.29) is 0 Å². The monoisotopic (exact) mass is 264 g/mol. The largest absolute Gasteiger partial charge is 0.381 e. The van der Waals surface area contributed by atoms with Gasteiger partial charge in [0.2, 0.25) is 0 Å². The number of ether oxygens (including phenoxy) is 1. The average Bonchev–Trinajstić information content (AvgIpc) is 2.87. The SMILES string of the molecule is Cn1ccnc1C1CNCCN1CC1CCOCC1. The lowest BCUT2D eigenvalue weighted by atomic mass is 9.98. The Balaban J connectivity index is 1.68. The summed E-state index contributed by atoms with van der Waals surface area (Å²) in [4.78, 5) is 7.15. The first-order chi connectivity index (χ1) is 9.34. The summed E-state index contributed by atoms with van der Waals surface area (Å²) in [5.74, 6) is 1.97.